The van der Waals surface area contributed by atoms with Crippen molar-refractivity contribution in [1.29, 1.82) is 0 Å². The molecule has 200 valence electrons. The minimum Gasteiger partial charge on any atom is -0.455 e. The molecule has 0 aliphatic rings. The predicted octanol–water partition coefficient (Wildman–Crippen LogP) is 12.0. The summed E-state index contributed by atoms with van der Waals surface area (Å²) in [6.45, 7) is 0. The fourth-order valence-electron chi connectivity index (χ4n) is 6.55. The van der Waals surface area contributed by atoms with E-state index < -0.39 is 12.1 Å². The second-order valence-electron chi connectivity index (χ2n) is 10.7. The van der Waals surface area contributed by atoms with Crippen LogP contribution in [0.3, 0.4) is 0 Å². The number of furan rings is 1. The summed E-state index contributed by atoms with van der Waals surface area (Å²) in [5.41, 5.74) is 6.91. The van der Waals surface area contributed by atoms with Gasteiger partial charge in [-0.05, 0) is 66.7 Å². The molecule has 0 aliphatic heterocycles. The quantitative estimate of drug-likeness (QED) is 0.199. The van der Waals surface area contributed by atoms with E-state index in [-0.39, 0.29) is 40.5 Å². The molecule has 9 rings (SSSR count). The minimum absolute atomic E-state index is 0.0126. The van der Waals surface area contributed by atoms with E-state index in [1.807, 2.05) is 36.4 Å². The molecular formula is C42H26O. The number of benzene rings is 8. The molecule has 0 unspecified atom stereocenters. The van der Waals surface area contributed by atoms with E-state index in [1.165, 1.54) is 0 Å². The molecule has 0 amide bonds. The minimum atomic E-state index is -0.437. The van der Waals surface area contributed by atoms with Crippen molar-refractivity contribution in [1.82, 2.24) is 0 Å². The van der Waals surface area contributed by atoms with Crippen molar-refractivity contribution in [3.63, 3.8) is 0 Å². The Morgan fingerprint density at radius 2 is 0.930 bits per heavy atom. The van der Waals surface area contributed by atoms with E-state index in [9.17, 15) is 1.37 Å². The highest BCUT2D eigenvalue weighted by Gasteiger charge is 2.21. The summed E-state index contributed by atoms with van der Waals surface area (Å²) < 4.78 is 58.5. The first-order valence-corrected chi connectivity index (χ1v) is 14.3. The van der Waals surface area contributed by atoms with Gasteiger partial charge in [-0.2, -0.15) is 0 Å². The molecular weight excluding hydrogens is 520 g/mol. The summed E-state index contributed by atoms with van der Waals surface area (Å²) in [5.74, 6) is 0. The molecule has 1 nitrogen and oxygen atoms in total. The largest absolute Gasteiger partial charge is 0.455 e. The van der Waals surface area contributed by atoms with Gasteiger partial charge in [-0.3, -0.25) is 0 Å². The lowest BCUT2D eigenvalue weighted by molar-refractivity contribution is 0.670. The highest BCUT2D eigenvalue weighted by molar-refractivity contribution is 6.25. The maximum atomic E-state index is 9.19. The van der Waals surface area contributed by atoms with Gasteiger partial charge in [-0.15, -0.1) is 0 Å². The Kier molecular flexibility index (Phi) is 4.11. The van der Waals surface area contributed by atoms with E-state index in [1.54, 1.807) is 0 Å². The van der Waals surface area contributed by atoms with Gasteiger partial charge in [0.1, 0.15) is 11.2 Å². The van der Waals surface area contributed by atoms with Crippen molar-refractivity contribution in [2.45, 2.75) is 0 Å². The second-order valence-corrected chi connectivity index (χ2v) is 10.7. The molecule has 0 aliphatic carbocycles. The van der Waals surface area contributed by atoms with Crippen LogP contribution >= 0.6 is 0 Å². The summed E-state index contributed by atoms with van der Waals surface area (Å²) in [7, 11) is 0. The van der Waals surface area contributed by atoms with Gasteiger partial charge in [-0.25, -0.2) is 0 Å². The highest BCUT2D eigenvalue weighted by Crippen LogP contribution is 2.48. The second kappa shape index (κ2) is 9.44. The summed E-state index contributed by atoms with van der Waals surface area (Å²) in [6, 6.07) is 39.6. The molecule has 0 radical (unpaired) electrons. The van der Waals surface area contributed by atoms with Crippen molar-refractivity contribution >= 4 is 54.3 Å². The summed E-state index contributed by atoms with van der Waals surface area (Å²) in [6.07, 6.45) is 0. The number of rotatable bonds is 3. The summed E-state index contributed by atoms with van der Waals surface area (Å²) >= 11 is 0. The standard InChI is InChI=1S/C42H26O/c1-2-13-27(14-3-1)30-17-6-7-18-31(30)40-32-19-8-10-21-34(32)41(35-22-11-9-20-33(35)40)37-24-12-23-36-38-25-28-15-4-5-16-29(28)26-39(38)43-42(36)37/h1-26H/i4D,5D,15D,16D,25D,26D. The lowest BCUT2D eigenvalue weighted by Crippen LogP contribution is -1.92. The van der Waals surface area contributed by atoms with E-state index in [4.69, 9.17) is 11.3 Å². The Bertz CT molecular complexity index is 2780. The smallest absolute Gasteiger partial charge is 0.143 e. The average molecular weight is 553 g/mol. The van der Waals surface area contributed by atoms with Gasteiger partial charge < -0.3 is 4.42 Å². The van der Waals surface area contributed by atoms with Crippen LogP contribution in [-0.2, 0) is 0 Å². The maximum absolute atomic E-state index is 9.19. The Morgan fingerprint density at radius 1 is 0.419 bits per heavy atom. The van der Waals surface area contributed by atoms with Crippen LogP contribution in [0.5, 0.6) is 0 Å². The topological polar surface area (TPSA) is 13.1 Å². The molecule has 0 atom stereocenters. The van der Waals surface area contributed by atoms with Crippen LogP contribution in [0.25, 0.3) is 87.6 Å². The molecule has 0 bridgehead atoms. The third kappa shape index (κ3) is 3.65. The van der Waals surface area contributed by atoms with Gasteiger partial charge >= 0.3 is 0 Å². The highest BCUT2D eigenvalue weighted by atomic mass is 16.3. The van der Waals surface area contributed by atoms with Crippen LogP contribution in [0.1, 0.15) is 8.22 Å². The molecule has 9 aromatic rings. The van der Waals surface area contributed by atoms with Gasteiger partial charge in [0, 0.05) is 21.9 Å². The zero-order valence-electron chi connectivity index (χ0n) is 29.0. The van der Waals surface area contributed by atoms with Crippen molar-refractivity contribution in [2.75, 3.05) is 0 Å². The molecule has 43 heavy (non-hydrogen) atoms. The van der Waals surface area contributed by atoms with Gasteiger partial charge in [0.15, 0.2) is 0 Å². The SMILES string of the molecule is [2H]c1c([2H])c([2H])c2c([2H])c3c(oc4c(-c5c6ccccc6c(-c6ccccc6-c6ccccc6)c6ccccc56)cccc43)c([2H])c2c1[2H]. The zero-order valence-corrected chi connectivity index (χ0v) is 23.0. The van der Waals surface area contributed by atoms with Crippen molar-refractivity contribution in [3.05, 3.63) is 158 Å². The first-order chi connectivity index (χ1) is 23.9. The zero-order chi connectivity index (χ0) is 33.6. The van der Waals surface area contributed by atoms with Crippen LogP contribution in [0, 0.1) is 0 Å². The van der Waals surface area contributed by atoms with Gasteiger partial charge in [0.25, 0.3) is 0 Å². The van der Waals surface area contributed by atoms with Crippen LogP contribution < -0.4 is 0 Å². The van der Waals surface area contributed by atoms with Crippen molar-refractivity contribution in [2.24, 2.45) is 0 Å². The first kappa shape index (κ1) is 18.7. The lowest BCUT2D eigenvalue weighted by atomic mass is 9.83. The average Bonchev–Trinajstić information content (AvgIpc) is 3.55. The molecule has 0 spiro atoms. The Balaban J connectivity index is 1.42. The fourth-order valence-corrected chi connectivity index (χ4v) is 6.55. The monoisotopic (exact) mass is 552 g/mol. The molecule has 0 fully saturated rings. The van der Waals surface area contributed by atoms with E-state index in [2.05, 4.69) is 84.9 Å². The molecule has 0 saturated carbocycles. The summed E-state index contributed by atoms with van der Waals surface area (Å²) in [5, 5.41) is 5.18. The van der Waals surface area contributed by atoms with Crippen molar-refractivity contribution in [3.8, 4) is 33.4 Å². The normalized spacial score (nSPS) is 13.7. The number of hydrogen-bond donors (Lipinski definition) is 0. The Labute approximate surface area is 257 Å². The number of hydrogen-bond acceptors (Lipinski definition) is 1. The summed E-state index contributed by atoms with van der Waals surface area (Å²) in [4.78, 5) is 0. The Morgan fingerprint density at radius 3 is 1.60 bits per heavy atom. The first-order valence-electron chi connectivity index (χ1n) is 17.3. The number of para-hydroxylation sites is 1. The predicted molar refractivity (Wildman–Crippen MR) is 183 cm³/mol. The van der Waals surface area contributed by atoms with E-state index >= 15 is 0 Å². The van der Waals surface area contributed by atoms with E-state index in [0.717, 1.165) is 54.9 Å². The number of fused-ring (bicyclic) bond motifs is 6. The van der Waals surface area contributed by atoms with Gasteiger partial charge in [-0.1, -0.05) is 145 Å². The molecule has 1 aromatic heterocycles. The van der Waals surface area contributed by atoms with E-state index in [0.29, 0.717) is 16.4 Å². The molecule has 1 heteroatoms. The molecule has 1 heterocycles. The third-order valence-electron chi connectivity index (χ3n) is 8.37. The lowest BCUT2D eigenvalue weighted by Gasteiger charge is -2.19. The van der Waals surface area contributed by atoms with Gasteiger partial charge in [0.05, 0.1) is 8.22 Å². The van der Waals surface area contributed by atoms with Crippen LogP contribution in [0.2, 0.25) is 0 Å². The molecule has 8 aromatic carbocycles. The third-order valence-corrected chi connectivity index (χ3v) is 8.37. The molecule has 0 N–H and O–H groups in total. The van der Waals surface area contributed by atoms with Gasteiger partial charge in [0.2, 0.25) is 0 Å². The van der Waals surface area contributed by atoms with Crippen LogP contribution in [-0.4, -0.2) is 0 Å². The Hall–Kier alpha value is -5.66. The maximum Gasteiger partial charge on any atom is 0.143 e. The molecule has 0 saturated heterocycles. The van der Waals surface area contributed by atoms with Crippen molar-refractivity contribution < 1.29 is 12.6 Å². The van der Waals surface area contributed by atoms with Crippen LogP contribution in [0.15, 0.2) is 162 Å². The van der Waals surface area contributed by atoms with Crippen LogP contribution in [0.4, 0.5) is 0 Å². The fraction of sp³-hybridized carbons (Fsp3) is 0.